The number of likely N-dealkylation sites (tertiary alicyclic amines) is 2. The summed E-state index contributed by atoms with van der Waals surface area (Å²) < 4.78 is 5.31. The van der Waals surface area contributed by atoms with Gasteiger partial charge in [0.05, 0.1) is 6.04 Å². The number of hydrogen-bond donors (Lipinski definition) is 1. The molecule has 6 heteroatoms. The standard InChI is InChI=1S/C15H27N3O3/c1-11(13(19)17-7-5-6-8-17)16-12-9-18(10-12)14(20)21-15(2,3)4/h11-12,16H,5-10H2,1-4H3. The molecule has 0 aromatic carbocycles. The van der Waals surface area contributed by atoms with Gasteiger partial charge in [0.1, 0.15) is 5.60 Å². The van der Waals surface area contributed by atoms with E-state index in [1.165, 1.54) is 0 Å². The number of rotatable bonds is 3. The molecule has 0 saturated carbocycles. The number of carbonyl (C=O) groups is 2. The monoisotopic (exact) mass is 297 g/mol. The summed E-state index contributed by atoms with van der Waals surface area (Å²) in [5.74, 6) is 0.170. The number of nitrogens with one attached hydrogen (secondary N) is 1. The van der Waals surface area contributed by atoms with Crippen molar-refractivity contribution in [2.75, 3.05) is 26.2 Å². The van der Waals surface area contributed by atoms with Crippen LogP contribution in [0.4, 0.5) is 4.79 Å². The van der Waals surface area contributed by atoms with Crippen molar-refractivity contribution in [2.45, 2.75) is 58.2 Å². The zero-order valence-electron chi connectivity index (χ0n) is 13.5. The molecule has 0 spiro atoms. The van der Waals surface area contributed by atoms with E-state index in [1.807, 2.05) is 32.6 Å². The molecule has 1 atom stereocenters. The predicted molar refractivity (Wildman–Crippen MR) is 80.0 cm³/mol. The fourth-order valence-electron chi connectivity index (χ4n) is 2.70. The van der Waals surface area contributed by atoms with Crippen LogP contribution in [0.25, 0.3) is 0 Å². The van der Waals surface area contributed by atoms with Gasteiger partial charge in [-0.05, 0) is 40.5 Å². The predicted octanol–water partition coefficient (Wildman–Crippen LogP) is 1.21. The van der Waals surface area contributed by atoms with Gasteiger partial charge >= 0.3 is 6.09 Å². The summed E-state index contributed by atoms with van der Waals surface area (Å²) in [4.78, 5) is 27.6. The van der Waals surface area contributed by atoms with Gasteiger partial charge < -0.3 is 14.5 Å². The van der Waals surface area contributed by atoms with Crippen molar-refractivity contribution in [3.63, 3.8) is 0 Å². The lowest BCUT2D eigenvalue weighted by atomic mass is 10.1. The van der Waals surface area contributed by atoms with Crippen LogP contribution in [0.1, 0.15) is 40.5 Å². The maximum Gasteiger partial charge on any atom is 0.410 e. The molecule has 2 fully saturated rings. The molecule has 2 heterocycles. The van der Waals surface area contributed by atoms with Crippen LogP contribution in [-0.4, -0.2) is 65.7 Å². The van der Waals surface area contributed by atoms with Gasteiger partial charge in [-0.25, -0.2) is 4.79 Å². The minimum atomic E-state index is -0.464. The first kappa shape index (κ1) is 16.1. The lowest BCUT2D eigenvalue weighted by molar-refractivity contribution is -0.132. The average molecular weight is 297 g/mol. The van der Waals surface area contributed by atoms with Crippen LogP contribution < -0.4 is 5.32 Å². The normalized spacial score (nSPS) is 21.1. The summed E-state index contributed by atoms with van der Waals surface area (Å²) >= 11 is 0. The summed E-state index contributed by atoms with van der Waals surface area (Å²) in [6, 6.07) is -0.00652. The first-order chi connectivity index (χ1) is 9.76. The zero-order chi connectivity index (χ0) is 15.6. The smallest absolute Gasteiger partial charge is 0.410 e. The fraction of sp³-hybridized carbons (Fsp3) is 0.867. The molecule has 2 aliphatic heterocycles. The molecule has 0 bridgehead atoms. The van der Waals surface area contributed by atoms with E-state index in [9.17, 15) is 9.59 Å². The van der Waals surface area contributed by atoms with Gasteiger partial charge in [0, 0.05) is 32.2 Å². The molecule has 0 aliphatic carbocycles. The molecule has 1 unspecified atom stereocenters. The third kappa shape index (κ3) is 4.33. The van der Waals surface area contributed by atoms with Gasteiger partial charge in [0.25, 0.3) is 0 Å². The average Bonchev–Trinajstić information content (AvgIpc) is 2.82. The molecular weight excluding hydrogens is 270 g/mol. The highest BCUT2D eigenvalue weighted by molar-refractivity contribution is 5.81. The second-order valence-electron chi connectivity index (χ2n) is 7.00. The minimum absolute atomic E-state index is 0.170. The van der Waals surface area contributed by atoms with Gasteiger partial charge in [-0.15, -0.1) is 0 Å². The Bertz CT molecular complexity index is 393. The Labute approximate surface area is 126 Å². The van der Waals surface area contributed by atoms with E-state index >= 15 is 0 Å². The van der Waals surface area contributed by atoms with E-state index < -0.39 is 5.60 Å². The Kier molecular flexibility index (Phi) is 4.76. The van der Waals surface area contributed by atoms with Crippen molar-refractivity contribution in [1.29, 1.82) is 0 Å². The van der Waals surface area contributed by atoms with Crippen molar-refractivity contribution in [3.8, 4) is 0 Å². The van der Waals surface area contributed by atoms with Gasteiger partial charge in [0.2, 0.25) is 5.91 Å². The fourth-order valence-corrected chi connectivity index (χ4v) is 2.70. The summed E-state index contributed by atoms with van der Waals surface area (Å²) in [5, 5.41) is 3.30. The highest BCUT2D eigenvalue weighted by atomic mass is 16.6. The molecule has 2 rings (SSSR count). The van der Waals surface area contributed by atoms with E-state index in [4.69, 9.17) is 4.74 Å². The van der Waals surface area contributed by atoms with Crippen molar-refractivity contribution in [3.05, 3.63) is 0 Å². The molecule has 6 nitrogen and oxygen atoms in total. The van der Waals surface area contributed by atoms with Crippen molar-refractivity contribution >= 4 is 12.0 Å². The van der Waals surface area contributed by atoms with E-state index in [0.717, 1.165) is 25.9 Å². The van der Waals surface area contributed by atoms with E-state index in [1.54, 1.807) is 4.90 Å². The van der Waals surface area contributed by atoms with Crippen LogP contribution in [-0.2, 0) is 9.53 Å². The molecule has 1 N–H and O–H groups in total. The van der Waals surface area contributed by atoms with Crippen LogP contribution in [0.5, 0.6) is 0 Å². The summed E-state index contributed by atoms with van der Waals surface area (Å²) in [7, 11) is 0. The molecule has 0 aromatic rings. The maximum absolute atomic E-state index is 12.2. The Hall–Kier alpha value is -1.30. The van der Waals surface area contributed by atoms with Crippen LogP contribution in [0.3, 0.4) is 0 Å². The number of ether oxygens (including phenoxy) is 1. The largest absolute Gasteiger partial charge is 0.444 e. The summed E-state index contributed by atoms with van der Waals surface area (Å²) in [6.45, 7) is 10.4. The van der Waals surface area contributed by atoms with Gasteiger partial charge in [0.15, 0.2) is 0 Å². The number of amides is 2. The number of hydrogen-bond acceptors (Lipinski definition) is 4. The maximum atomic E-state index is 12.2. The van der Waals surface area contributed by atoms with E-state index in [2.05, 4.69) is 5.32 Å². The molecule has 120 valence electrons. The second-order valence-corrected chi connectivity index (χ2v) is 7.00. The molecule has 0 radical (unpaired) electrons. The van der Waals surface area contributed by atoms with Crippen LogP contribution in [0.15, 0.2) is 0 Å². The minimum Gasteiger partial charge on any atom is -0.444 e. The highest BCUT2D eigenvalue weighted by Gasteiger charge is 2.35. The van der Waals surface area contributed by atoms with E-state index in [0.29, 0.717) is 13.1 Å². The zero-order valence-corrected chi connectivity index (χ0v) is 13.5. The van der Waals surface area contributed by atoms with Crippen LogP contribution >= 0.6 is 0 Å². The second kappa shape index (κ2) is 6.22. The topological polar surface area (TPSA) is 61.9 Å². The Morgan fingerprint density at radius 3 is 2.24 bits per heavy atom. The molecule has 2 amide bonds. The number of nitrogens with zero attached hydrogens (tertiary/aromatic N) is 2. The van der Waals surface area contributed by atoms with Crippen LogP contribution in [0, 0.1) is 0 Å². The summed E-state index contributed by atoms with van der Waals surface area (Å²) in [5.41, 5.74) is -0.464. The van der Waals surface area contributed by atoms with Gasteiger partial charge in [-0.3, -0.25) is 10.1 Å². The Balaban J connectivity index is 1.70. The molecule has 0 aromatic heterocycles. The van der Waals surface area contributed by atoms with Crippen molar-refractivity contribution < 1.29 is 14.3 Å². The number of carbonyl (C=O) groups excluding carboxylic acids is 2. The molecular formula is C15H27N3O3. The Morgan fingerprint density at radius 2 is 1.71 bits per heavy atom. The molecule has 2 aliphatic rings. The lowest BCUT2D eigenvalue weighted by Gasteiger charge is -2.41. The highest BCUT2D eigenvalue weighted by Crippen LogP contribution is 2.16. The van der Waals surface area contributed by atoms with Crippen molar-refractivity contribution in [2.24, 2.45) is 0 Å². The third-order valence-electron chi connectivity index (χ3n) is 3.81. The summed E-state index contributed by atoms with van der Waals surface area (Å²) in [6.07, 6.45) is 1.93. The lowest BCUT2D eigenvalue weighted by Crippen LogP contribution is -2.63. The quantitative estimate of drug-likeness (QED) is 0.850. The Morgan fingerprint density at radius 1 is 1.14 bits per heavy atom. The molecule has 2 saturated heterocycles. The van der Waals surface area contributed by atoms with Gasteiger partial charge in [-0.2, -0.15) is 0 Å². The van der Waals surface area contributed by atoms with Crippen LogP contribution in [0.2, 0.25) is 0 Å². The van der Waals surface area contributed by atoms with Crippen molar-refractivity contribution in [1.82, 2.24) is 15.1 Å². The first-order valence-corrected chi connectivity index (χ1v) is 7.79. The SMILES string of the molecule is CC(NC1CN(C(=O)OC(C)(C)C)C1)C(=O)N1CCCC1. The van der Waals surface area contributed by atoms with Gasteiger partial charge in [-0.1, -0.05) is 0 Å². The first-order valence-electron chi connectivity index (χ1n) is 7.79. The third-order valence-corrected chi connectivity index (χ3v) is 3.81. The van der Waals surface area contributed by atoms with E-state index in [-0.39, 0.29) is 24.1 Å². The molecule has 21 heavy (non-hydrogen) atoms.